The van der Waals surface area contributed by atoms with Crippen LogP contribution in [0.25, 0.3) is 11.1 Å². The van der Waals surface area contributed by atoms with Crippen LogP contribution in [0.5, 0.6) is 0 Å². The summed E-state index contributed by atoms with van der Waals surface area (Å²) in [5.74, 6) is -1.99. The molecule has 1 aromatic heterocycles. The van der Waals surface area contributed by atoms with Gasteiger partial charge in [-0.15, -0.1) is 0 Å². The fourth-order valence-corrected chi connectivity index (χ4v) is 1.80. The molecule has 2 aromatic rings. The molecule has 0 aliphatic carbocycles. The van der Waals surface area contributed by atoms with Gasteiger partial charge in [-0.05, 0) is 23.8 Å². The number of rotatable bonds is 3. The number of ether oxygens (including phenoxy) is 2. The molecule has 0 unspecified atom stereocenters. The molecule has 0 bridgehead atoms. The van der Waals surface area contributed by atoms with Crippen LogP contribution in [0.3, 0.4) is 0 Å². The fourth-order valence-electron chi connectivity index (χ4n) is 1.80. The van der Waals surface area contributed by atoms with Crippen molar-refractivity contribution in [2.24, 2.45) is 0 Å². The molecule has 0 aliphatic heterocycles. The summed E-state index contributed by atoms with van der Waals surface area (Å²) in [4.78, 5) is 26.7. The number of halogens is 1. The van der Waals surface area contributed by atoms with Crippen molar-refractivity contribution in [3.63, 3.8) is 0 Å². The van der Waals surface area contributed by atoms with Gasteiger partial charge in [-0.25, -0.2) is 14.0 Å². The minimum atomic E-state index is -0.750. The largest absolute Gasteiger partial charge is 0.465 e. The molecule has 21 heavy (non-hydrogen) atoms. The van der Waals surface area contributed by atoms with E-state index in [1.165, 1.54) is 44.8 Å². The molecule has 0 amide bonds. The van der Waals surface area contributed by atoms with Gasteiger partial charge in [0.25, 0.3) is 0 Å². The van der Waals surface area contributed by atoms with E-state index in [1.54, 1.807) is 6.07 Å². The summed E-state index contributed by atoms with van der Waals surface area (Å²) in [7, 11) is 2.44. The summed E-state index contributed by atoms with van der Waals surface area (Å²) < 4.78 is 23.0. The van der Waals surface area contributed by atoms with E-state index in [0.717, 1.165) is 0 Å². The number of carbonyl (C=O) groups is 2. The maximum atomic E-state index is 13.9. The minimum absolute atomic E-state index is 0.154. The second-order valence-electron chi connectivity index (χ2n) is 4.14. The Labute approximate surface area is 120 Å². The Balaban J connectivity index is 2.41. The van der Waals surface area contributed by atoms with E-state index < -0.39 is 17.8 Å². The van der Waals surface area contributed by atoms with Crippen molar-refractivity contribution in [2.75, 3.05) is 14.2 Å². The predicted octanol–water partition coefficient (Wildman–Crippen LogP) is 2.46. The molecule has 1 aromatic carbocycles. The summed E-state index contributed by atoms with van der Waals surface area (Å²) in [6.45, 7) is 0. The van der Waals surface area contributed by atoms with Gasteiger partial charge < -0.3 is 9.47 Å². The normalized spacial score (nSPS) is 10.0. The average Bonchev–Trinajstić information content (AvgIpc) is 2.53. The van der Waals surface area contributed by atoms with Gasteiger partial charge in [0.05, 0.1) is 25.3 Å². The van der Waals surface area contributed by atoms with E-state index in [9.17, 15) is 14.0 Å². The molecule has 0 spiro atoms. The lowest BCUT2D eigenvalue weighted by Crippen LogP contribution is -2.04. The Morgan fingerprint density at radius 1 is 1.00 bits per heavy atom. The van der Waals surface area contributed by atoms with Crippen molar-refractivity contribution in [3.05, 3.63) is 53.6 Å². The molecule has 0 N–H and O–H groups in total. The number of carbonyl (C=O) groups excluding carboxylic acids is 2. The van der Waals surface area contributed by atoms with Gasteiger partial charge in [-0.1, -0.05) is 6.07 Å². The molecule has 2 rings (SSSR count). The Morgan fingerprint density at radius 2 is 1.71 bits per heavy atom. The van der Waals surface area contributed by atoms with Crippen molar-refractivity contribution in [1.82, 2.24) is 4.98 Å². The molecule has 0 aliphatic rings. The molecule has 1 heterocycles. The van der Waals surface area contributed by atoms with E-state index in [4.69, 9.17) is 0 Å². The molecule has 0 saturated carbocycles. The first-order valence-corrected chi connectivity index (χ1v) is 5.98. The number of hydrogen-bond donors (Lipinski definition) is 0. The van der Waals surface area contributed by atoms with Crippen LogP contribution in [-0.2, 0) is 9.47 Å². The van der Waals surface area contributed by atoms with Crippen LogP contribution >= 0.6 is 0 Å². The minimum Gasteiger partial charge on any atom is -0.465 e. The topological polar surface area (TPSA) is 65.5 Å². The van der Waals surface area contributed by atoms with E-state index in [0.29, 0.717) is 11.1 Å². The number of pyridine rings is 1. The van der Waals surface area contributed by atoms with Gasteiger partial charge in [0.1, 0.15) is 5.82 Å². The van der Waals surface area contributed by atoms with E-state index >= 15 is 0 Å². The van der Waals surface area contributed by atoms with Crippen LogP contribution < -0.4 is 0 Å². The third-order valence-corrected chi connectivity index (χ3v) is 2.87. The van der Waals surface area contributed by atoms with Gasteiger partial charge in [-0.2, -0.15) is 0 Å². The van der Waals surface area contributed by atoms with Crippen LogP contribution in [0, 0.1) is 5.82 Å². The van der Waals surface area contributed by atoms with Crippen LogP contribution in [-0.4, -0.2) is 31.1 Å². The van der Waals surface area contributed by atoms with Crippen molar-refractivity contribution >= 4 is 11.9 Å². The summed E-state index contributed by atoms with van der Waals surface area (Å²) >= 11 is 0. The Kier molecular flexibility index (Phi) is 4.27. The number of esters is 2. The van der Waals surface area contributed by atoms with E-state index in [-0.39, 0.29) is 11.1 Å². The van der Waals surface area contributed by atoms with Crippen LogP contribution in [0.15, 0.2) is 36.7 Å². The lowest BCUT2D eigenvalue weighted by Gasteiger charge is -2.06. The Hall–Kier alpha value is -2.76. The number of benzene rings is 1. The average molecular weight is 289 g/mol. The standard InChI is InChI=1S/C15H12FNO4/c1-20-14(18)11-5-10(7-17-8-11)9-3-4-12(13(16)6-9)15(19)21-2/h3-8H,1-2H3. The third-order valence-electron chi connectivity index (χ3n) is 2.87. The zero-order valence-electron chi connectivity index (χ0n) is 11.4. The first-order valence-electron chi connectivity index (χ1n) is 5.98. The van der Waals surface area contributed by atoms with Gasteiger partial charge in [-0.3, -0.25) is 4.98 Å². The number of hydrogen-bond acceptors (Lipinski definition) is 5. The highest BCUT2D eigenvalue weighted by Gasteiger charge is 2.14. The highest BCUT2D eigenvalue weighted by Crippen LogP contribution is 2.22. The van der Waals surface area contributed by atoms with Crippen molar-refractivity contribution in [3.8, 4) is 11.1 Å². The molecular weight excluding hydrogens is 277 g/mol. The molecule has 6 heteroatoms. The molecule has 0 saturated heterocycles. The summed E-state index contributed by atoms with van der Waals surface area (Å²) in [6, 6.07) is 5.59. The number of nitrogens with zero attached hydrogens (tertiary/aromatic N) is 1. The van der Waals surface area contributed by atoms with Gasteiger partial charge in [0.15, 0.2) is 0 Å². The maximum absolute atomic E-state index is 13.9. The molecule has 0 fully saturated rings. The monoisotopic (exact) mass is 289 g/mol. The SMILES string of the molecule is COC(=O)c1cncc(-c2ccc(C(=O)OC)c(F)c2)c1. The first kappa shape index (κ1) is 14.6. The Morgan fingerprint density at radius 3 is 2.33 bits per heavy atom. The third kappa shape index (κ3) is 3.05. The zero-order chi connectivity index (χ0) is 15.4. The first-order chi connectivity index (χ1) is 10.1. The van der Waals surface area contributed by atoms with E-state index in [2.05, 4.69) is 14.5 Å². The van der Waals surface area contributed by atoms with Gasteiger partial charge >= 0.3 is 11.9 Å². The second-order valence-corrected chi connectivity index (χ2v) is 4.14. The maximum Gasteiger partial charge on any atom is 0.340 e. The summed E-state index contributed by atoms with van der Waals surface area (Å²) in [6.07, 6.45) is 2.84. The summed E-state index contributed by atoms with van der Waals surface area (Å²) in [5.41, 5.74) is 1.12. The van der Waals surface area contributed by atoms with Gasteiger partial charge in [0, 0.05) is 18.0 Å². The van der Waals surface area contributed by atoms with E-state index in [1.807, 2.05) is 0 Å². The zero-order valence-corrected chi connectivity index (χ0v) is 11.4. The number of aromatic nitrogens is 1. The van der Waals surface area contributed by atoms with Crippen molar-refractivity contribution in [1.29, 1.82) is 0 Å². The predicted molar refractivity (Wildman–Crippen MR) is 72.3 cm³/mol. The smallest absolute Gasteiger partial charge is 0.340 e. The van der Waals surface area contributed by atoms with Gasteiger partial charge in [0.2, 0.25) is 0 Å². The van der Waals surface area contributed by atoms with Crippen LogP contribution in [0.1, 0.15) is 20.7 Å². The molecular formula is C15H12FNO4. The summed E-state index contributed by atoms with van der Waals surface area (Å²) in [5, 5.41) is 0. The Bertz CT molecular complexity index is 700. The van der Waals surface area contributed by atoms with Crippen molar-refractivity contribution < 1.29 is 23.5 Å². The van der Waals surface area contributed by atoms with Crippen molar-refractivity contribution in [2.45, 2.75) is 0 Å². The fraction of sp³-hybridized carbons (Fsp3) is 0.133. The van der Waals surface area contributed by atoms with Crippen LogP contribution in [0.4, 0.5) is 4.39 Å². The molecule has 0 atom stereocenters. The quantitative estimate of drug-likeness (QED) is 0.812. The molecule has 108 valence electrons. The lowest BCUT2D eigenvalue weighted by molar-refractivity contribution is 0.0588. The van der Waals surface area contributed by atoms with Crippen LogP contribution in [0.2, 0.25) is 0 Å². The lowest BCUT2D eigenvalue weighted by atomic mass is 10.0. The highest BCUT2D eigenvalue weighted by molar-refractivity contribution is 5.91. The highest BCUT2D eigenvalue weighted by atomic mass is 19.1. The second kappa shape index (κ2) is 6.13. The molecule has 5 nitrogen and oxygen atoms in total. The molecule has 0 radical (unpaired) electrons. The number of methoxy groups -OCH3 is 2.